The largest absolute Gasteiger partial charge is 0.497 e. The second kappa shape index (κ2) is 9.85. The molecule has 3 aromatic carbocycles. The van der Waals surface area contributed by atoms with Crippen LogP contribution in [0.3, 0.4) is 0 Å². The molecule has 0 atom stereocenters. The van der Waals surface area contributed by atoms with Gasteiger partial charge in [0.1, 0.15) is 12.3 Å². The Hall–Kier alpha value is -3.03. The van der Waals surface area contributed by atoms with E-state index in [0.29, 0.717) is 16.5 Å². The van der Waals surface area contributed by atoms with E-state index in [2.05, 4.69) is 5.32 Å². The SMILES string of the molecule is COc1ccc(CNC(=O)CN(c2ccc(Cl)cc2)S(=O)(=O)c2ccc(C)cc2)cc1. The van der Waals surface area contributed by atoms with Gasteiger partial charge in [0.25, 0.3) is 10.0 Å². The normalized spacial score (nSPS) is 11.1. The number of nitrogens with zero attached hydrogens (tertiary/aromatic N) is 1. The molecule has 1 amide bonds. The number of anilines is 1. The first-order chi connectivity index (χ1) is 14.8. The molecule has 0 spiro atoms. The van der Waals surface area contributed by atoms with E-state index in [9.17, 15) is 13.2 Å². The van der Waals surface area contributed by atoms with Gasteiger partial charge >= 0.3 is 0 Å². The molecule has 0 aliphatic carbocycles. The van der Waals surface area contributed by atoms with Crippen molar-refractivity contribution in [3.63, 3.8) is 0 Å². The number of ether oxygens (including phenoxy) is 1. The van der Waals surface area contributed by atoms with E-state index in [1.54, 1.807) is 55.6 Å². The lowest BCUT2D eigenvalue weighted by Crippen LogP contribution is -2.40. The molecule has 6 nitrogen and oxygen atoms in total. The quantitative estimate of drug-likeness (QED) is 0.549. The lowest BCUT2D eigenvalue weighted by Gasteiger charge is -2.24. The lowest BCUT2D eigenvalue weighted by molar-refractivity contribution is -0.119. The number of methoxy groups -OCH3 is 1. The summed E-state index contributed by atoms with van der Waals surface area (Å²) in [6.45, 7) is 1.77. The Labute approximate surface area is 187 Å². The number of rotatable bonds is 8. The van der Waals surface area contributed by atoms with Crippen molar-refractivity contribution in [2.75, 3.05) is 18.0 Å². The topological polar surface area (TPSA) is 75.7 Å². The molecule has 0 aliphatic rings. The molecule has 0 radical (unpaired) electrons. The van der Waals surface area contributed by atoms with Gasteiger partial charge < -0.3 is 10.1 Å². The highest BCUT2D eigenvalue weighted by molar-refractivity contribution is 7.92. The van der Waals surface area contributed by atoms with Crippen molar-refractivity contribution in [2.45, 2.75) is 18.4 Å². The summed E-state index contributed by atoms with van der Waals surface area (Å²) in [6.07, 6.45) is 0. The molecule has 0 saturated heterocycles. The van der Waals surface area contributed by atoms with Crippen LogP contribution in [0.15, 0.2) is 77.7 Å². The summed E-state index contributed by atoms with van der Waals surface area (Å²) < 4.78 is 32.8. The monoisotopic (exact) mass is 458 g/mol. The van der Waals surface area contributed by atoms with Crippen molar-refractivity contribution in [3.8, 4) is 5.75 Å². The summed E-state index contributed by atoms with van der Waals surface area (Å²) >= 11 is 5.95. The van der Waals surface area contributed by atoms with Crippen LogP contribution in [0.4, 0.5) is 5.69 Å². The van der Waals surface area contributed by atoms with Crippen molar-refractivity contribution < 1.29 is 17.9 Å². The fourth-order valence-corrected chi connectivity index (χ4v) is 4.44. The predicted molar refractivity (Wildman–Crippen MR) is 122 cm³/mol. The molecule has 162 valence electrons. The maximum absolute atomic E-state index is 13.3. The highest BCUT2D eigenvalue weighted by Crippen LogP contribution is 2.25. The molecule has 3 aromatic rings. The van der Waals surface area contributed by atoms with Crippen LogP contribution >= 0.6 is 11.6 Å². The third kappa shape index (κ3) is 5.77. The highest BCUT2D eigenvalue weighted by Gasteiger charge is 2.27. The van der Waals surface area contributed by atoms with Gasteiger partial charge in [-0.15, -0.1) is 0 Å². The van der Waals surface area contributed by atoms with Crippen LogP contribution in [0.2, 0.25) is 5.02 Å². The summed E-state index contributed by atoms with van der Waals surface area (Å²) in [5.74, 6) is 0.287. The van der Waals surface area contributed by atoms with E-state index in [1.807, 2.05) is 19.1 Å². The third-order valence-corrected chi connectivity index (χ3v) is 6.70. The fourth-order valence-electron chi connectivity index (χ4n) is 2.89. The Morgan fingerprint density at radius 2 is 1.58 bits per heavy atom. The van der Waals surface area contributed by atoms with E-state index >= 15 is 0 Å². The Bertz CT molecular complexity index is 1130. The van der Waals surface area contributed by atoms with Crippen molar-refractivity contribution in [1.82, 2.24) is 5.32 Å². The average molecular weight is 459 g/mol. The first-order valence-corrected chi connectivity index (χ1v) is 11.4. The van der Waals surface area contributed by atoms with E-state index in [1.165, 1.54) is 12.1 Å². The van der Waals surface area contributed by atoms with Crippen molar-refractivity contribution >= 4 is 33.2 Å². The van der Waals surface area contributed by atoms with Crippen molar-refractivity contribution in [3.05, 3.63) is 88.9 Å². The van der Waals surface area contributed by atoms with Crippen molar-refractivity contribution in [2.24, 2.45) is 0 Å². The number of aryl methyl sites for hydroxylation is 1. The molecule has 0 heterocycles. The van der Waals surface area contributed by atoms with Gasteiger partial charge in [0.05, 0.1) is 17.7 Å². The highest BCUT2D eigenvalue weighted by atomic mass is 35.5. The number of carbonyl (C=O) groups is 1. The second-order valence-electron chi connectivity index (χ2n) is 6.93. The maximum Gasteiger partial charge on any atom is 0.264 e. The summed E-state index contributed by atoms with van der Waals surface area (Å²) in [7, 11) is -2.38. The first-order valence-electron chi connectivity index (χ1n) is 9.54. The molecular weight excluding hydrogens is 436 g/mol. The van der Waals surface area contributed by atoms with Gasteiger partial charge in [-0.1, -0.05) is 41.4 Å². The number of benzene rings is 3. The zero-order valence-corrected chi connectivity index (χ0v) is 18.8. The molecule has 8 heteroatoms. The molecule has 0 aliphatic heterocycles. The van der Waals surface area contributed by atoms with E-state index in [4.69, 9.17) is 16.3 Å². The van der Waals surface area contributed by atoms with Gasteiger partial charge in [-0.25, -0.2) is 8.42 Å². The minimum atomic E-state index is -3.96. The lowest BCUT2D eigenvalue weighted by atomic mass is 10.2. The third-order valence-electron chi connectivity index (χ3n) is 4.66. The first kappa shape index (κ1) is 22.7. The van der Waals surface area contributed by atoms with E-state index < -0.39 is 15.9 Å². The Balaban J connectivity index is 1.81. The van der Waals surface area contributed by atoms with Crippen LogP contribution in [0, 0.1) is 6.92 Å². The molecule has 0 bridgehead atoms. The van der Waals surface area contributed by atoms with E-state index in [-0.39, 0.29) is 18.0 Å². The Kier molecular flexibility index (Phi) is 7.20. The second-order valence-corrected chi connectivity index (χ2v) is 9.22. The van der Waals surface area contributed by atoms with Gasteiger partial charge in [-0.3, -0.25) is 9.10 Å². The van der Waals surface area contributed by atoms with Crippen LogP contribution in [0.25, 0.3) is 0 Å². The van der Waals surface area contributed by atoms with Crippen LogP contribution < -0.4 is 14.4 Å². The van der Waals surface area contributed by atoms with E-state index in [0.717, 1.165) is 15.4 Å². The van der Waals surface area contributed by atoms with Gasteiger partial charge in [-0.2, -0.15) is 0 Å². The Morgan fingerprint density at radius 1 is 0.968 bits per heavy atom. The number of halogens is 1. The molecule has 0 saturated carbocycles. The zero-order valence-electron chi connectivity index (χ0n) is 17.2. The number of sulfonamides is 1. The molecule has 1 N–H and O–H groups in total. The number of hydrogen-bond donors (Lipinski definition) is 1. The number of hydrogen-bond acceptors (Lipinski definition) is 4. The molecule has 0 aromatic heterocycles. The summed E-state index contributed by atoms with van der Waals surface area (Å²) in [5.41, 5.74) is 2.16. The number of amides is 1. The number of nitrogens with one attached hydrogen (secondary N) is 1. The smallest absolute Gasteiger partial charge is 0.264 e. The Morgan fingerprint density at radius 3 is 2.16 bits per heavy atom. The minimum absolute atomic E-state index is 0.107. The van der Waals surface area contributed by atoms with Gasteiger partial charge in [0.15, 0.2) is 0 Å². The van der Waals surface area contributed by atoms with Crippen LogP contribution in [-0.2, 0) is 21.4 Å². The van der Waals surface area contributed by atoms with Gasteiger partial charge in [-0.05, 0) is 61.0 Å². The van der Waals surface area contributed by atoms with Gasteiger partial charge in [0.2, 0.25) is 5.91 Å². The summed E-state index contributed by atoms with van der Waals surface area (Å²) in [6, 6.07) is 20.1. The fraction of sp³-hybridized carbons (Fsp3) is 0.174. The van der Waals surface area contributed by atoms with Crippen LogP contribution in [0.5, 0.6) is 5.75 Å². The summed E-state index contributed by atoms with van der Waals surface area (Å²) in [4.78, 5) is 12.8. The maximum atomic E-state index is 13.3. The summed E-state index contributed by atoms with van der Waals surface area (Å²) in [5, 5.41) is 3.24. The van der Waals surface area contributed by atoms with Crippen LogP contribution in [0.1, 0.15) is 11.1 Å². The molecular formula is C23H23ClN2O4S. The molecule has 0 unspecified atom stereocenters. The minimum Gasteiger partial charge on any atom is -0.497 e. The van der Waals surface area contributed by atoms with Crippen LogP contribution in [-0.4, -0.2) is 28.0 Å². The molecule has 31 heavy (non-hydrogen) atoms. The molecule has 3 rings (SSSR count). The standard InChI is InChI=1S/C23H23ClN2O4S/c1-17-3-13-22(14-4-17)31(28,29)26(20-9-7-19(24)8-10-20)16-23(27)25-15-18-5-11-21(30-2)12-6-18/h3-14H,15-16H2,1-2H3,(H,25,27). The molecule has 0 fully saturated rings. The average Bonchev–Trinajstić information content (AvgIpc) is 2.77. The number of carbonyl (C=O) groups excluding carboxylic acids is 1. The predicted octanol–water partition coefficient (Wildman–Crippen LogP) is 4.17. The van der Waals surface area contributed by atoms with Gasteiger partial charge in [0, 0.05) is 11.6 Å². The zero-order chi connectivity index (χ0) is 22.4. The van der Waals surface area contributed by atoms with Crippen molar-refractivity contribution in [1.29, 1.82) is 0 Å².